The molecular weight excluding hydrogens is 258 g/mol. The van der Waals surface area contributed by atoms with Crippen molar-refractivity contribution in [1.29, 1.82) is 0 Å². The van der Waals surface area contributed by atoms with Crippen molar-refractivity contribution in [3.8, 4) is 0 Å². The first-order valence-corrected chi connectivity index (χ1v) is 7.35. The standard InChI is InChI=1S/C18H21N3/c1-13-7-6-8-15(11-13)14(2)19-12-17-16-9-4-5-10-18(16)21(3)20-17/h4-11,14,19H,12H2,1-3H3/t14-/m1/s1. The molecule has 0 unspecified atom stereocenters. The zero-order chi connectivity index (χ0) is 14.8. The minimum Gasteiger partial charge on any atom is -0.304 e. The molecule has 3 aromatic rings. The molecule has 1 aromatic heterocycles. The largest absolute Gasteiger partial charge is 0.304 e. The Bertz CT molecular complexity index is 758. The van der Waals surface area contributed by atoms with E-state index in [4.69, 9.17) is 0 Å². The summed E-state index contributed by atoms with van der Waals surface area (Å²) in [7, 11) is 2.00. The summed E-state index contributed by atoms with van der Waals surface area (Å²) in [6, 6.07) is 17.3. The van der Waals surface area contributed by atoms with E-state index in [-0.39, 0.29) is 0 Å². The summed E-state index contributed by atoms with van der Waals surface area (Å²) in [5.74, 6) is 0. The van der Waals surface area contributed by atoms with E-state index >= 15 is 0 Å². The zero-order valence-electron chi connectivity index (χ0n) is 12.8. The molecule has 1 heterocycles. The topological polar surface area (TPSA) is 29.9 Å². The van der Waals surface area contributed by atoms with Crippen LogP contribution in [0.2, 0.25) is 0 Å². The number of para-hydroxylation sites is 1. The van der Waals surface area contributed by atoms with Crippen LogP contribution < -0.4 is 5.32 Å². The number of aryl methyl sites for hydroxylation is 2. The van der Waals surface area contributed by atoms with Crippen molar-refractivity contribution < 1.29 is 0 Å². The van der Waals surface area contributed by atoms with Crippen molar-refractivity contribution in [2.75, 3.05) is 0 Å². The Hall–Kier alpha value is -2.13. The second-order valence-corrected chi connectivity index (χ2v) is 5.60. The molecule has 0 fully saturated rings. The Balaban J connectivity index is 1.77. The number of rotatable bonds is 4. The first-order chi connectivity index (χ1) is 10.1. The summed E-state index contributed by atoms with van der Waals surface area (Å²) < 4.78 is 1.95. The molecule has 0 saturated heterocycles. The Labute approximate surface area is 125 Å². The number of hydrogen-bond acceptors (Lipinski definition) is 2. The second-order valence-electron chi connectivity index (χ2n) is 5.60. The van der Waals surface area contributed by atoms with E-state index in [1.807, 2.05) is 11.7 Å². The first kappa shape index (κ1) is 13.8. The molecule has 1 atom stereocenters. The monoisotopic (exact) mass is 279 g/mol. The third-order valence-electron chi connectivity index (χ3n) is 3.95. The van der Waals surface area contributed by atoms with Gasteiger partial charge in [-0.1, -0.05) is 48.0 Å². The van der Waals surface area contributed by atoms with Crippen LogP contribution in [0, 0.1) is 6.92 Å². The highest BCUT2D eigenvalue weighted by Crippen LogP contribution is 2.19. The quantitative estimate of drug-likeness (QED) is 0.788. The molecular formula is C18H21N3. The van der Waals surface area contributed by atoms with E-state index in [1.165, 1.54) is 22.0 Å². The Morgan fingerprint density at radius 3 is 2.76 bits per heavy atom. The number of nitrogens with zero attached hydrogens (tertiary/aromatic N) is 2. The summed E-state index contributed by atoms with van der Waals surface area (Å²) in [5.41, 5.74) is 4.89. The highest BCUT2D eigenvalue weighted by molar-refractivity contribution is 5.81. The molecule has 2 aromatic carbocycles. The fourth-order valence-electron chi connectivity index (χ4n) is 2.73. The smallest absolute Gasteiger partial charge is 0.0841 e. The molecule has 3 rings (SSSR count). The van der Waals surface area contributed by atoms with Crippen LogP contribution in [-0.2, 0) is 13.6 Å². The van der Waals surface area contributed by atoms with Crippen LogP contribution in [0.1, 0.15) is 29.8 Å². The summed E-state index contributed by atoms with van der Waals surface area (Å²) in [6.45, 7) is 5.10. The van der Waals surface area contributed by atoms with E-state index in [2.05, 4.69) is 72.8 Å². The number of aromatic nitrogens is 2. The molecule has 3 heteroatoms. The van der Waals surface area contributed by atoms with Gasteiger partial charge in [-0.25, -0.2) is 0 Å². The Morgan fingerprint density at radius 1 is 1.14 bits per heavy atom. The Kier molecular flexibility index (Phi) is 3.76. The summed E-state index contributed by atoms with van der Waals surface area (Å²) >= 11 is 0. The third-order valence-corrected chi connectivity index (χ3v) is 3.95. The van der Waals surface area contributed by atoms with Gasteiger partial charge in [0.05, 0.1) is 11.2 Å². The highest BCUT2D eigenvalue weighted by Gasteiger charge is 2.10. The van der Waals surface area contributed by atoms with Crippen molar-refractivity contribution in [3.63, 3.8) is 0 Å². The molecule has 0 aliphatic rings. The zero-order valence-corrected chi connectivity index (χ0v) is 12.8. The Morgan fingerprint density at radius 2 is 1.95 bits per heavy atom. The molecule has 0 radical (unpaired) electrons. The minimum absolute atomic E-state index is 0.311. The predicted molar refractivity (Wildman–Crippen MR) is 87.1 cm³/mol. The molecule has 21 heavy (non-hydrogen) atoms. The average Bonchev–Trinajstić information content (AvgIpc) is 2.82. The first-order valence-electron chi connectivity index (χ1n) is 7.35. The van der Waals surface area contributed by atoms with E-state index < -0.39 is 0 Å². The molecule has 0 bridgehead atoms. The molecule has 0 aliphatic carbocycles. The fraction of sp³-hybridized carbons (Fsp3) is 0.278. The van der Waals surface area contributed by atoms with Crippen molar-refractivity contribution >= 4 is 10.9 Å². The lowest BCUT2D eigenvalue weighted by molar-refractivity contribution is 0.563. The van der Waals surface area contributed by atoms with Gasteiger partial charge in [-0.2, -0.15) is 5.10 Å². The predicted octanol–water partition coefficient (Wildman–Crippen LogP) is 3.73. The van der Waals surface area contributed by atoms with Gasteiger partial charge in [0.15, 0.2) is 0 Å². The summed E-state index contributed by atoms with van der Waals surface area (Å²) in [6.07, 6.45) is 0. The van der Waals surface area contributed by atoms with Crippen LogP contribution in [0.15, 0.2) is 48.5 Å². The normalized spacial score (nSPS) is 12.7. The van der Waals surface area contributed by atoms with Crippen molar-refractivity contribution in [2.45, 2.75) is 26.4 Å². The lowest BCUT2D eigenvalue weighted by Crippen LogP contribution is -2.18. The molecule has 0 aliphatic heterocycles. The maximum absolute atomic E-state index is 4.63. The van der Waals surface area contributed by atoms with E-state index in [1.54, 1.807) is 0 Å². The van der Waals surface area contributed by atoms with Gasteiger partial charge in [0.25, 0.3) is 0 Å². The van der Waals surface area contributed by atoms with Gasteiger partial charge in [-0.05, 0) is 25.5 Å². The molecule has 3 nitrogen and oxygen atoms in total. The molecule has 0 saturated carbocycles. The van der Waals surface area contributed by atoms with Gasteiger partial charge in [0.2, 0.25) is 0 Å². The number of benzene rings is 2. The van der Waals surface area contributed by atoms with E-state index in [0.29, 0.717) is 6.04 Å². The number of nitrogens with one attached hydrogen (secondary N) is 1. The van der Waals surface area contributed by atoms with Crippen LogP contribution >= 0.6 is 0 Å². The van der Waals surface area contributed by atoms with Crippen LogP contribution in [0.4, 0.5) is 0 Å². The SMILES string of the molecule is Cc1cccc([C@@H](C)NCc2nn(C)c3ccccc23)c1. The van der Waals surface area contributed by atoms with Crippen LogP contribution in [0.25, 0.3) is 10.9 Å². The van der Waals surface area contributed by atoms with Gasteiger partial charge in [-0.3, -0.25) is 4.68 Å². The second kappa shape index (κ2) is 5.70. The lowest BCUT2D eigenvalue weighted by Gasteiger charge is -2.14. The maximum atomic E-state index is 4.63. The molecule has 108 valence electrons. The molecule has 1 N–H and O–H groups in total. The summed E-state index contributed by atoms with van der Waals surface area (Å²) in [5, 5.41) is 9.43. The van der Waals surface area contributed by atoms with Gasteiger partial charge in [0, 0.05) is 25.0 Å². The van der Waals surface area contributed by atoms with Crippen molar-refractivity contribution in [2.24, 2.45) is 7.05 Å². The van der Waals surface area contributed by atoms with Gasteiger partial charge < -0.3 is 5.32 Å². The summed E-state index contributed by atoms with van der Waals surface area (Å²) in [4.78, 5) is 0. The average molecular weight is 279 g/mol. The van der Waals surface area contributed by atoms with E-state index in [0.717, 1.165) is 12.2 Å². The number of hydrogen-bond donors (Lipinski definition) is 1. The van der Waals surface area contributed by atoms with Gasteiger partial charge in [0.1, 0.15) is 0 Å². The van der Waals surface area contributed by atoms with Crippen LogP contribution in [-0.4, -0.2) is 9.78 Å². The maximum Gasteiger partial charge on any atom is 0.0841 e. The van der Waals surface area contributed by atoms with Crippen LogP contribution in [0.5, 0.6) is 0 Å². The minimum atomic E-state index is 0.311. The lowest BCUT2D eigenvalue weighted by atomic mass is 10.1. The van der Waals surface area contributed by atoms with Crippen molar-refractivity contribution in [3.05, 3.63) is 65.4 Å². The number of fused-ring (bicyclic) bond motifs is 1. The van der Waals surface area contributed by atoms with Gasteiger partial charge >= 0.3 is 0 Å². The van der Waals surface area contributed by atoms with Crippen LogP contribution in [0.3, 0.4) is 0 Å². The van der Waals surface area contributed by atoms with Crippen molar-refractivity contribution in [1.82, 2.24) is 15.1 Å². The fourth-order valence-corrected chi connectivity index (χ4v) is 2.73. The molecule has 0 spiro atoms. The molecule has 0 amide bonds. The highest BCUT2D eigenvalue weighted by atomic mass is 15.3. The van der Waals surface area contributed by atoms with Gasteiger partial charge in [-0.15, -0.1) is 0 Å². The van der Waals surface area contributed by atoms with E-state index in [9.17, 15) is 0 Å². The third kappa shape index (κ3) is 2.83.